The minimum atomic E-state index is -0.681. The summed E-state index contributed by atoms with van der Waals surface area (Å²) in [6, 6.07) is 16.8. The topological polar surface area (TPSA) is 116 Å². The Morgan fingerprint density at radius 2 is 1.81 bits per heavy atom. The van der Waals surface area contributed by atoms with Gasteiger partial charge in [0.05, 0.1) is 34.1 Å². The number of amides is 2. The molecule has 1 aliphatic heterocycles. The van der Waals surface area contributed by atoms with Crippen molar-refractivity contribution in [1.29, 1.82) is 0 Å². The minimum Gasteiger partial charge on any atom is -0.493 e. The molecule has 3 aromatic carbocycles. The molecule has 0 atom stereocenters. The maximum atomic E-state index is 12.9. The van der Waals surface area contributed by atoms with E-state index in [2.05, 4.69) is 0 Å². The first-order valence-electron chi connectivity index (χ1n) is 10.4. The number of hydrogen-bond acceptors (Lipinski definition) is 8. The number of thioether (sulfide) groups is 1. The molecule has 36 heavy (non-hydrogen) atoms. The number of rotatable bonds is 7. The first kappa shape index (κ1) is 25.0. The average molecular weight is 525 g/mol. The van der Waals surface area contributed by atoms with E-state index in [0.717, 1.165) is 16.7 Å². The van der Waals surface area contributed by atoms with Crippen molar-refractivity contribution < 1.29 is 28.8 Å². The molecule has 4 rings (SSSR count). The smallest absolute Gasteiger partial charge is 0.345 e. The quantitative estimate of drug-likeness (QED) is 0.127. The molecular weight excluding hydrogens is 508 g/mol. The lowest BCUT2D eigenvalue weighted by Crippen LogP contribution is -2.27. The molecule has 0 aromatic heterocycles. The Labute approximate surface area is 214 Å². The van der Waals surface area contributed by atoms with E-state index < -0.39 is 22.0 Å². The summed E-state index contributed by atoms with van der Waals surface area (Å²) in [7, 11) is 1.42. The van der Waals surface area contributed by atoms with Gasteiger partial charge in [0.1, 0.15) is 0 Å². The van der Waals surface area contributed by atoms with Crippen molar-refractivity contribution in [2.75, 3.05) is 7.11 Å². The Hall–Kier alpha value is -4.15. The molecule has 0 spiro atoms. The van der Waals surface area contributed by atoms with Crippen LogP contribution in [0, 0.1) is 10.1 Å². The molecule has 0 saturated carbocycles. The van der Waals surface area contributed by atoms with Gasteiger partial charge in [-0.2, -0.15) is 0 Å². The van der Waals surface area contributed by atoms with E-state index in [1.165, 1.54) is 49.6 Å². The van der Waals surface area contributed by atoms with Crippen molar-refractivity contribution >= 4 is 52.2 Å². The molecule has 11 heteroatoms. The first-order chi connectivity index (χ1) is 17.3. The Balaban J connectivity index is 1.54. The summed E-state index contributed by atoms with van der Waals surface area (Å²) in [5.74, 6) is -0.784. The standard InChI is InChI=1S/C25H17ClN2O7S/c1-34-20-11-8-16(12-21(20)35-24(30)18-4-2-3-5-19(18)26)13-22-23(29)27(25(31)36-22)14-15-6-9-17(10-7-15)28(32)33/h2-13H,14H2,1H3/b22-13-. The summed E-state index contributed by atoms with van der Waals surface area (Å²) in [6.45, 7) is -0.0245. The molecule has 1 fully saturated rings. The molecule has 1 aliphatic rings. The lowest BCUT2D eigenvalue weighted by Gasteiger charge is -2.12. The number of carbonyl (C=O) groups is 3. The number of carbonyl (C=O) groups excluding carboxylic acids is 3. The highest BCUT2D eigenvalue weighted by Crippen LogP contribution is 2.36. The highest BCUT2D eigenvalue weighted by molar-refractivity contribution is 8.18. The second-order valence-electron chi connectivity index (χ2n) is 7.47. The van der Waals surface area contributed by atoms with Gasteiger partial charge in [-0.1, -0.05) is 41.9 Å². The Bertz CT molecular complexity index is 1410. The molecule has 9 nitrogen and oxygen atoms in total. The monoisotopic (exact) mass is 524 g/mol. The van der Waals surface area contributed by atoms with Crippen molar-refractivity contribution in [3.8, 4) is 11.5 Å². The van der Waals surface area contributed by atoms with Crippen LogP contribution < -0.4 is 9.47 Å². The minimum absolute atomic E-state index is 0.0245. The summed E-state index contributed by atoms with van der Waals surface area (Å²) in [4.78, 5) is 49.5. The van der Waals surface area contributed by atoms with Gasteiger partial charge in [-0.15, -0.1) is 0 Å². The fourth-order valence-corrected chi connectivity index (χ4v) is 4.39. The predicted octanol–water partition coefficient (Wildman–Crippen LogP) is 5.71. The second-order valence-corrected chi connectivity index (χ2v) is 8.87. The van der Waals surface area contributed by atoms with Crippen LogP contribution in [0.15, 0.2) is 71.6 Å². The van der Waals surface area contributed by atoms with E-state index >= 15 is 0 Å². The fraction of sp³-hybridized carbons (Fsp3) is 0.0800. The third kappa shape index (κ3) is 5.40. The van der Waals surface area contributed by atoms with Crippen molar-refractivity contribution in [2.45, 2.75) is 6.54 Å². The zero-order chi connectivity index (χ0) is 25.8. The molecule has 1 heterocycles. The lowest BCUT2D eigenvalue weighted by molar-refractivity contribution is -0.384. The number of esters is 1. The lowest BCUT2D eigenvalue weighted by atomic mass is 10.1. The van der Waals surface area contributed by atoms with Gasteiger partial charge in [-0.05, 0) is 53.2 Å². The largest absolute Gasteiger partial charge is 0.493 e. The number of ether oxygens (including phenoxy) is 2. The van der Waals surface area contributed by atoms with Gasteiger partial charge in [-0.25, -0.2) is 4.79 Å². The number of nitro groups is 1. The van der Waals surface area contributed by atoms with Gasteiger partial charge in [0.25, 0.3) is 16.8 Å². The van der Waals surface area contributed by atoms with E-state index in [-0.39, 0.29) is 33.5 Å². The number of nitrogens with zero attached hydrogens (tertiary/aromatic N) is 2. The Morgan fingerprint density at radius 3 is 2.47 bits per heavy atom. The summed E-state index contributed by atoms with van der Waals surface area (Å²) >= 11 is 6.84. The highest BCUT2D eigenvalue weighted by Gasteiger charge is 2.35. The van der Waals surface area contributed by atoms with Crippen LogP contribution in [0.5, 0.6) is 11.5 Å². The molecule has 1 saturated heterocycles. The zero-order valence-electron chi connectivity index (χ0n) is 18.7. The van der Waals surface area contributed by atoms with Crippen molar-refractivity contribution in [3.05, 3.63) is 103 Å². The van der Waals surface area contributed by atoms with Crippen LogP contribution in [0.1, 0.15) is 21.5 Å². The number of non-ortho nitro benzene ring substituents is 1. The van der Waals surface area contributed by atoms with Crippen molar-refractivity contribution in [2.24, 2.45) is 0 Å². The van der Waals surface area contributed by atoms with Gasteiger partial charge in [0.2, 0.25) is 0 Å². The third-order valence-electron chi connectivity index (χ3n) is 5.14. The maximum absolute atomic E-state index is 12.9. The van der Waals surface area contributed by atoms with Crippen LogP contribution in [-0.4, -0.2) is 34.0 Å². The predicted molar refractivity (Wildman–Crippen MR) is 134 cm³/mol. The maximum Gasteiger partial charge on any atom is 0.345 e. The molecule has 2 amide bonds. The molecule has 3 aromatic rings. The first-order valence-corrected chi connectivity index (χ1v) is 11.6. The number of nitro benzene ring substituents is 1. The summed E-state index contributed by atoms with van der Waals surface area (Å²) < 4.78 is 10.8. The molecule has 0 N–H and O–H groups in total. The van der Waals surface area contributed by atoms with Crippen LogP contribution in [0.25, 0.3) is 6.08 Å². The van der Waals surface area contributed by atoms with Gasteiger partial charge < -0.3 is 9.47 Å². The van der Waals surface area contributed by atoms with Crippen LogP contribution in [0.3, 0.4) is 0 Å². The van der Waals surface area contributed by atoms with E-state index in [1.807, 2.05) is 0 Å². The van der Waals surface area contributed by atoms with Crippen molar-refractivity contribution in [3.63, 3.8) is 0 Å². The van der Waals surface area contributed by atoms with E-state index in [9.17, 15) is 24.5 Å². The molecule has 0 unspecified atom stereocenters. The van der Waals surface area contributed by atoms with Gasteiger partial charge >= 0.3 is 5.97 Å². The number of benzene rings is 3. The summed E-state index contributed by atoms with van der Waals surface area (Å²) in [5, 5.41) is 10.6. The highest BCUT2D eigenvalue weighted by atomic mass is 35.5. The third-order valence-corrected chi connectivity index (χ3v) is 6.38. The Morgan fingerprint density at radius 1 is 1.08 bits per heavy atom. The normalized spacial score (nSPS) is 14.3. The molecule has 0 bridgehead atoms. The molecule has 0 radical (unpaired) electrons. The molecule has 182 valence electrons. The van der Waals surface area contributed by atoms with Crippen LogP contribution in [0.4, 0.5) is 10.5 Å². The average Bonchev–Trinajstić information content (AvgIpc) is 3.12. The van der Waals surface area contributed by atoms with Gasteiger partial charge in [-0.3, -0.25) is 24.6 Å². The van der Waals surface area contributed by atoms with E-state index in [1.54, 1.807) is 30.3 Å². The zero-order valence-corrected chi connectivity index (χ0v) is 20.2. The fourth-order valence-electron chi connectivity index (χ4n) is 3.34. The number of methoxy groups -OCH3 is 1. The van der Waals surface area contributed by atoms with Crippen molar-refractivity contribution in [1.82, 2.24) is 4.90 Å². The van der Waals surface area contributed by atoms with Gasteiger partial charge in [0, 0.05) is 12.1 Å². The van der Waals surface area contributed by atoms with Crippen LogP contribution >= 0.6 is 23.4 Å². The van der Waals surface area contributed by atoms with Gasteiger partial charge in [0.15, 0.2) is 11.5 Å². The van der Waals surface area contributed by atoms with Crippen LogP contribution in [0.2, 0.25) is 5.02 Å². The summed E-state index contributed by atoms with van der Waals surface area (Å²) in [6.07, 6.45) is 1.51. The molecular formula is C25H17ClN2O7S. The van der Waals surface area contributed by atoms with Crippen LogP contribution in [-0.2, 0) is 11.3 Å². The van der Waals surface area contributed by atoms with E-state index in [0.29, 0.717) is 16.9 Å². The number of halogens is 1. The number of imide groups is 1. The second kappa shape index (κ2) is 10.6. The number of hydrogen-bond donors (Lipinski definition) is 0. The molecule has 0 aliphatic carbocycles. The SMILES string of the molecule is COc1ccc(/C=C2\SC(=O)N(Cc3ccc([N+](=O)[O-])cc3)C2=O)cc1OC(=O)c1ccccc1Cl. The summed E-state index contributed by atoms with van der Waals surface area (Å²) in [5.41, 5.74) is 1.17. The Kier molecular flexibility index (Phi) is 7.37. The van der Waals surface area contributed by atoms with E-state index in [4.69, 9.17) is 21.1 Å².